The maximum absolute atomic E-state index is 10.6. The number of pyridine rings is 1. The molecule has 0 atom stereocenters. The average Bonchev–Trinajstić information content (AvgIpc) is 2.22. The fraction of sp³-hybridized carbons (Fsp3) is 0.500. The van der Waals surface area contributed by atoms with E-state index >= 15 is 0 Å². The van der Waals surface area contributed by atoms with Gasteiger partial charge in [0, 0.05) is 23.9 Å². The van der Waals surface area contributed by atoms with Crippen molar-refractivity contribution in [2.24, 2.45) is 0 Å². The van der Waals surface area contributed by atoms with E-state index in [4.69, 9.17) is 9.84 Å². The third-order valence-electron chi connectivity index (χ3n) is 2.57. The summed E-state index contributed by atoms with van der Waals surface area (Å²) in [7, 11) is 3.38. The summed E-state index contributed by atoms with van der Waals surface area (Å²) < 4.78 is 5.30. The molecule has 0 spiro atoms. The molecule has 1 heterocycles. The van der Waals surface area contributed by atoms with Crippen LogP contribution in [0.4, 0.5) is 0 Å². The summed E-state index contributed by atoms with van der Waals surface area (Å²) in [6.45, 7) is 4.36. The minimum Gasteiger partial charge on any atom is -0.496 e. The van der Waals surface area contributed by atoms with Crippen LogP contribution in [0.25, 0.3) is 0 Å². The van der Waals surface area contributed by atoms with Crippen LogP contribution in [0.15, 0.2) is 6.20 Å². The van der Waals surface area contributed by atoms with Gasteiger partial charge in [-0.1, -0.05) is 0 Å². The molecule has 0 aliphatic heterocycles. The Labute approximate surface area is 101 Å². The summed E-state index contributed by atoms with van der Waals surface area (Å²) in [4.78, 5) is 16.6. The van der Waals surface area contributed by atoms with Crippen LogP contribution in [0.3, 0.4) is 0 Å². The van der Waals surface area contributed by atoms with E-state index in [9.17, 15) is 4.79 Å². The van der Waals surface area contributed by atoms with Crippen molar-refractivity contribution in [3.8, 4) is 5.75 Å². The number of rotatable bonds is 5. The molecule has 1 aromatic rings. The number of carbonyl (C=O) groups is 1. The molecule has 0 saturated heterocycles. The quantitative estimate of drug-likeness (QED) is 0.835. The summed E-state index contributed by atoms with van der Waals surface area (Å²) in [6.07, 6.45) is 1.75. The van der Waals surface area contributed by atoms with Gasteiger partial charge in [-0.05, 0) is 20.9 Å². The Balaban J connectivity index is 2.88. The first-order chi connectivity index (χ1) is 7.95. The molecule has 94 valence electrons. The van der Waals surface area contributed by atoms with Crippen LogP contribution in [0.5, 0.6) is 5.75 Å². The number of nitrogens with zero attached hydrogens (tertiary/aromatic N) is 2. The predicted molar refractivity (Wildman–Crippen MR) is 64.2 cm³/mol. The molecule has 17 heavy (non-hydrogen) atoms. The van der Waals surface area contributed by atoms with Crippen molar-refractivity contribution in [3.63, 3.8) is 0 Å². The maximum atomic E-state index is 10.6. The van der Waals surface area contributed by atoms with Crippen molar-refractivity contribution in [1.29, 1.82) is 0 Å². The number of methoxy groups -OCH3 is 1. The summed E-state index contributed by atoms with van der Waals surface area (Å²) in [6, 6.07) is 0. The molecule has 0 aliphatic rings. The van der Waals surface area contributed by atoms with E-state index in [1.54, 1.807) is 25.3 Å². The first-order valence-corrected chi connectivity index (χ1v) is 5.35. The molecule has 0 unspecified atom stereocenters. The van der Waals surface area contributed by atoms with Crippen molar-refractivity contribution < 1.29 is 14.6 Å². The fourth-order valence-electron chi connectivity index (χ4n) is 1.77. The second kappa shape index (κ2) is 5.63. The second-order valence-corrected chi connectivity index (χ2v) is 4.11. The zero-order valence-electron chi connectivity index (χ0n) is 10.6. The Morgan fingerprint density at radius 2 is 2.18 bits per heavy atom. The Morgan fingerprint density at radius 3 is 2.71 bits per heavy atom. The van der Waals surface area contributed by atoms with Gasteiger partial charge in [-0.3, -0.25) is 14.7 Å². The second-order valence-electron chi connectivity index (χ2n) is 4.11. The van der Waals surface area contributed by atoms with Crippen LogP contribution < -0.4 is 4.74 Å². The van der Waals surface area contributed by atoms with Crippen molar-refractivity contribution in [3.05, 3.63) is 23.0 Å². The molecule has 1 rings (SSSR count). The van der Waals surface area contributed by atoms with E-state index in [1.807, 2.05) is 13.8 Å². The smallest absolute Gasteiger partial charge is 0.317 e. The molecule has 0 bridgehead atoms. The first kappa shape index (κ1) is 13.4. The number of carboxylic acids is 1. The van der Waals surface area contributed by atoms with E-state index < -0.39 is 5.97 Å². The number of carboxylic acid groups (broad SMARTS) is 1. The van der Waals surface area contributed by atoms with Crippen LogP contribution in [-0.2, 0) is 11.3 Å². The van der Waals surface area contributed by atoms with Gasteiger partial charge < -0.3 is 9.84 Å². The first-order valence-electron chi connectivity index (χ1n) is 5.35. The van der Waals surface area contributed by atoms with Gasteiger partial charge in [0.2, 0.25) is 0 Å². The Hall–Kier alpha value is -1.62. The van der Waals surface area contributed by atoms with Gasteiger partial charge in [-0.25, -0.2) is 0 Å². The third kappa shape index (κ3) is 3.42. The van der Waals surface area contributed by atoms with Crippen LogP contribution in [-0.4, -0.2) is 41.7 Å². The van der Waals surface area contributed by atoms with Gasteiger partial charge in [-0.15, -0.1) is 0 Å². The van der Waals surface area contributed by atoms with Crippen molar-refractivity contribution >= 4 is 5.97 Å². The van der Waals surface area contributed by atoms with E-state index in [0.29, 0.717) is 6.54 Å². The SMILES string of the molecule is COc1c(C)cnc(CN(C)CC(=O)O)c1C. The number of hydrogen-bond donors (Lipinski definition) is 1. The number of hydrogen-bond acceptors (Lipinski definition) is 4. The number of aryl methyl sites for hydroxylation is 1. The van der Waals surface area contributed by atoms with Gasteiger partial charge >= 0.3 is 5.97 Å². The van der Waals surface area contributed by atoms with Gasteiger partial charge in [0.05, 0.1) is 19.3 Å². The fourth-order valence-corrected chi connectivity index (χ4v) is 1.77. The van der Waals surface area contributed by atoms with Crippen molar-refractivity contribution in [2.45, 2.75) is 20.4 Å². The molecule has 5 heteroatoms. The number of aromatic nitrogens is 1. The summed E-state index contributed by atoms with van der Waals surface area (Å²) in [5.74, 6) is -0.0250. The van der Waals surface area contributed by atoms with Crippen molar-refractivity contribution in [2.75, 3.05) is 20.7 Å². The molecule has 0 aliphatic carbocycles. The monoisotopic (exact) mass is 238 g/mol. The van der Waals surface area contributed by atoms with Crippen LogP contribution in [0.2, 0.25) is 0 Å². The van der Waals surface area contributed by atoms with Gasteiger partial charge in [0.15, 0.2) is 0 Å². The zero-order valence-corrected chi connectivity index (χ0v) is 10.6. The van der Waals surface area contributed by atoms with E-state index in [0.717, 1.165) is 22.6 Å². The standard InChI is InChI=1S/C12H18N2O3/c1-8-5-13-10(9(2)12(8)17-4)6-14(3)7-11(15)16/h5H,6-7H2,1-4H3,(H,15,16). The van der Waals surface area contributed by atoms with Crippen LogP contribution in [0.1, 0.15) is 16.8 Å². The molecule has 0 radical (unpaired) electrons. The van der Waals surface area contributed by atoms with Gasteiger partial charge in [0.25, 0.3) is 0 Å². The highest BCUT2D eigenvalue weighted by molar-refractivity contribution is 5.69. The lowest BCUT2D eigenvalue weighted by Gasteiger charge is -2.17. The Morgan fingerprint density at radius 1 is 1.53 bits per heavy atom. The third-order valence-corrected chi connectivity index (χ3v) is 2.57. The summed E-state index contributed by atoms with van der Waals surface area (Å²) >= 11 is 0. The largest absolute Gasteiger partial charge is 0.496 e. The molecular weight excluding hydrogens is 220 g/mol. The lowest BCUT2D eigenvalue weighted by atomic mass is 10.1. The average molecular weight is 238 g/mol. The van der Waals surface area contributed by atoms with Gasteiger partial charge in [0.1, 0.15) is 5.75 Å². The van der Waals surface area contributed by atoms with Crippen molar-refractivity contribution in [1.82, 2.24) is 9.88 Å². The van der Waals surface area contributed by atoms with Crippen LogP contribution >= 0.6 is 0 Å². The normalized spacial score (nSPS) is 10.6. The molecule has 5 nitrogen and oxygen atoms in total. The van der Waals surface area contributed by atoms with Crippen LogP contribution in [0, 0.1) is 13.8 Å². The number of aliphatic carboxylic acids is 1. The van der Waals surface area contributed by atoms with E-state index in [2.05, 4.69) is 4.98 Å². The predicted octanol–water partition coefficient (Wildman–Crippen LogP) is 1.22. The van der Waals surface area contributed by atoms with Gasteiger partial charge in [-0.2, -0.15) is 0 Å². The topological polar surface area (TPSA) is 62.7 Å². The molecule has 0 aromatic carbocycles. The lowest BCUT2D eigenvalue weighted by molar-refractivity contribution is -0.138. The molecular formula is C12H18N2O3. The zero-order chi connectivity index (χ0) is 13.0. The highest BCUT2D eigenvalue weighted by atomic mass is 16.5. The number of likely N-dealkylation sites (N-methyl/N-ethyl adjacent to an activating group) is 1. The minimum atomic E-state index is -0.843. The summed E-state index contributed by atoms with van der Waals surface area (Å²) in [5, 5.41) is 8.69. The Bertz CT molecular complexity index is 418. The molecule has 1 N–H and O–H groups in total. The summed E-state index contributed by atoms with van der Waals surface area (Å²) in [5.41, 5.74) is 2.79. The van der Waals surface area contributed by atoms with E-state index in [1.165, 1.54) is 0 Å². The minimum absolute atomic E-state index is 0.00267. The Kier molecular flexibility index (Phi) is 4.45. The molecule has 1 aromatic heterocycles. The van der Waals surface area contributed by atoms with E-state index in [-0.39, 0.29) is 6.54 Å². The molecule has 0 fully saturated rings. The highest BCUT2D eigenvalue weighted by Crippen LogP contribution is 2.24. The lowest BCUT2D eigenvalue weighted by Crippen LogP contribution is -2.26. The molecule has 0 amide bonds. The number of ether oxygens (including phenoxy) is 1. The highest BCUT2D eigenvalue weighted by Gasteiger charge is 2.12. The molecule has 0 saturated carbocycles. The maximum Gasteiger partial charge on any atom is 0.317 e.